The maximum absolute atomic E-state index is 12.6. The van der Waals surface area contributed by atoms with Gasteiger partial charge in [-0.25, -0.2) is 9.18 Å². The van der Waals surface area contributed by atoms with Crippen LogP contribution in [-0.2, 0) is 9.53 Å². The minimum Gasteiger partial charge on any atom is -0.461 e. The number of ether oxygens (including phenoxy) is 1. The summed E-state index contributed by atoms with van der Waals surface area (Å²) in [5.41, 5.74) is 1.92. The van der Waals surface area contributed by atoms with Crippen LogP contribution in [0.2, 0.25) is 0 Å². The first-order valence-corrected chi connectivity index (χ1v) is 5.57. The van der Waals surface area contributed by atoms with Crippen molar-refractivity contribution < 1.29 is 13.9 Å². The van der Waals surface area contributed by atoms with Gasteiger partial charge in [0.1, 0.15) is 17.6 Å². The number of methoxy groups -OCH3 is 1. The van der Waals surface area contributed by atoms with Gasteiger partial charge in [-0.1, -0.05) is 0 Å². The van der Waals surface area contributed by atoms with Crippen molar-refractivity contribution in [1.29, 1.82) is 5.26 Å². The Labute approximate surface area is 107 Å². The summed E-state index contributed by atoms with van der Waals surface area (Å²) in [4.78, 5) is 8.83. The number of benzene rings is 1. The highest BCUT2D eigenvalue weighted by atomic mass is 32.1. The van der Waals surface area contributed by atoms with Gasteiger partial charge >= 0.3 is 6.47 Å². The van der Waals surface area contributed by atoms with Gasteiger partial charge in [-0.15, -0.1) is 0 Å². The Balaban J connectivity index is 0.000000357. The highest BCUT2D eigenvalue weighted by Crippen LogP contribution is 2.23. The molecule has 0 N–H and O–H groups in total. The molecule has 0 spiro atoms. The molecule has 1 aromatic heterocycles. The molecule has 1 heterocycles. The summed E-state index contributed by atoms with van der Waals surface area (Å²) >= 11 is 1.22. The number of hydrogen-bond acceptors (Lipinski definition) is 5. The number of nitriles is 1. The van der Waals surface area contributed by atoms with Crippen LogP contribution in [0.5, 0.6) is 0 Å². The maximum atomic E-state index is 12.6. The zero-order valence-corrected chi connectivity index (χ0v) is 10.2. The van der Waals surface area contributed by atoms with E-state index < -0.39 is 0 Å². The van der Waals surface area contributed by atoms with E-state index in [1.54, 1.807) is 17.5 Å². The lowest BCUT2D eigenvalue weighted by molar-refractivity contribution is 0.353. The molecule has 2 aromatic rings. The summed E-state index contributed by atoms with van der Waals surface area (Å²) in [6.45, 7) is 1.18. The fourth-order valence-electron chi connectivity index (χ4n) is 1.13. The van der Waals surface area contributed by atoms with Crippen LogP contribution in [-0.4, -0.2) is 18.0 Å². The Hall–Kier alpha value is -2.26. The van der Waals surface area contributed by atoms with Gasteiger partial charge in [0.25, 0.3) is 0 Å². The number of aromatic nitrogens is 1. The Kier molecular flexibility index (Phi) is 5.48. The molecule has 1 aromatic carbocycles. The summed E-state index contributed by atoms with van der Waals surface area (Å²) < 4.78 is 20.4. The average molecular weight is 263 g/mol. The van der Waals surface area contributed by atoms with Crippen molar-refractivity contribution in [2.45, 2.75) is 0 Å². The van der Waals surface area contributed by atoms with Crippen molar-refractivity contribution in [1.82, 2.24) is 4.37 Å². The van der Waals surface area contributed by atoms with Gasteiger partial charge in [-0.2, -0.15) is 9.64 Å². The van der Waals surface area contributed by atoms with Crippen LogP contribution >= 0.6 is 11.5 Å². The van der Waals surface area contributed by atoms with Crippen molar-refractivity contribution in [3.63, 3.8) is 0 Å². The van der Waals surface area contributed by atoms with Gasteiger partial charge in [-0.05, 0) is 35.8 Å². The molecule has 0 unspecified atom stereocenters. The molecule has 0 atom stereocenters. The van der Waals surface area contributed by atoms with Crippen LogP contribution in [0.15, 0.2) is 29.6 Å². The molecule has 0 amide bonds. The third-order valence-corrected chi connectivity index (χ3v) is 2.52. The third-order valence-electron chi connectivity index (χ3n) is 1.89. The Morgan fingerprint density at radius 2 is 2.00 bits per heavy atom. The summed E-state index contributed by atoms with van der Waals surface area (Å²) in [6, 6.07) is 7.99. The lowest BCUT2D eigenvalue weighted by Crippen LogP contribution is -1.81. The van der Waals surface area contributed by atoms with Crippen LogP contribution in [0.25, 0.3) is 11.3 Å². The average Bonchev–Trinajstić information content (AvgIpc) is 2.88. The molecule has 2 rings (SSSR count). The molecule has 0 bridgehead atoms. The molecular formula is C12H8FN2O2S. The van der Waals surface area contributed by atoms with Gasteiger partial charge in [0, 0.05) is 10.9 Å². The molecule has 6 heteroatoms. The molecular weight excluding hydrogens is 255 g/mol. The second kappa shape index (κ2) is 7.14. The molecule has 91 valence electrons. The van der Waals surface area contributed by atoms with Crippen LogP contribution in [0.3, 0.4) is 0 Å². The van der Waals surface area contributed by atoms with Crippen molar-refractivity contribution in [2.75, 3.05) is 7.11 Å². The fourth-order valence-corrected chi connectivity index (χ4v) is 1.76. The van der Waals surface area contributed by atoms with E-state index in [0.29, 0.717) is 11.3 Å². The van der Waals surface area contributed by atoms with Crippen molar-refractivity contribution >= 4 is 18.0 Å². The van der Waals surface area contributed by atoms with E-state index in [4.69, 9.17) is 10.1 Å². The minimum absolute atomic E-state index is 0.289. The largest absolute Gasteiger partial charge is 0.461 e. The van der Waals surface area contributed by atoms with Crippen LogP contribution in [0, 0.1) is 17.1 Å². The predicted octanol–water partition coefficient (Wildman–Crippen LogP) is 2.52. The monoisotopic (exact) mass is 263 g/mol. The number of hydrogen-bond donors (Lipinski definition) is 0. The molecule has 1 radical (unpaired) electrons. The van der Waals surface area contributed by atoms with Gasteiger partial charge in [0.15, 0.2) is 0 Å². The van der Waals surface area contributed by atoms with E-state index in [-0.39, 0.29) is 5.82 Å². The van der Waals surface area contributed by atoms with E-state index in [0.717, 1.165) is 5.56 Å². The summed E-state index contributed by atoms with van der Waals surface area (Å²) in [5, 5.41) is 10.4. The molecule has 0 saturated carbocycles. The molecule has 0 aliphatic heterocycles. The molecule has 0 fully saturated rings. The summed E-state index contributed by atoms with van der Waals surface area (Å²) in [7, 11) is 1.26. The van der Waals surface area contributed by atoms with Gasteiger partial charge in [-0.3, -0.25) is 0 Å². The quantitative estimate of drug-likeness (QED) is 0.835. The smallest absolute Gasteiger partial charge is 0.417 e. The topological polar surface area (TPSA) is 63.0 Å². The number of halogens is 1. The van der Waals surface area contributed by atoms with E-state index in [9.17, 15) is 4.39 Å². The molecule has 0 saturated heterocycles. The predicted molar refractivity (Wildman–Crippen MR) is 64.9 cm³/mol. The molecule has 0 aliphatic rings. The van der Waals surface area contributed by atoms with Crippen molar-refractivity contribution in [2.24, 2.45) is 0 Å². The van der Waals surface area contributed by atoms with E-state index in [2.05, 4.69) is 9.11 Å². The maximum Gasteiger partial charge on any atom is 0.417 e. The Bertz CT molecular complexity index is 546. The van der Waals surface area contributed by atoms with E-state index >= 15 is 0 Å². The number of nitrogens with zero attached hydrogens (tertiary/aromatic N) is 2. The lowest BCUT2D eigenvalue weighted by atomic mass is 10.1. The first-order valence-electron chi connectivity index (χ1n) is 4.73. The first-order chi connectivity index (χ1) is 8.72. The molecule has 4 nitrogen and oxygen atoms in total. The second-order valence-corrected chi connectivity index (χ2v) is 3.61. The highest BCUT2D eigenvalue weighted by Gasteiger charge is 2.07. The van der Waals surface area contributed by atoms with Gasteiger partial charge in [0.2, 0.25) is 0 Å². The molecule has 0 aliphatic carbocycles. The van der Waals surface area contributed by atoms with E-state index in [1.807, 2.05) is 6.07 Å². The minimum atomic E-state index is -0.289. The SMILES string of the molecule is CO[C]=O.N#Cc1csnc1-c1ccc(F)cc1. The standard InChI is InChI=1S/C10H5FN2S.C2H3O2/c11-9-3-1-7(2-4-9)10-8(5-12)6-14-13-10;1-4-2-3/h1-4,6H;1H3. The Morgan fingerprint density at radius 1 is 1.39 bits per heavy atom. The van der Waals surface area contributed by atoms with Crippen LogP contribution in [0.4, 0.5) is 4.39 Å². The zero-order valence-electron chi connectivity index (χ0n) is 9.38. The van der Waals surface area contributed by atoms with Crippen molar-refractivity contribution in [3.05, 3.63) is 41.0 Å². The zero-order chi connectivity index (χ0) is 13.4. The number of carbonyl (C=O) groups excluding carboxylic acids is 1. The normalized spacial score (nSPS) is 8.72. The fraction of sp³-hybridized carbons (Fsp3) is 0.0833. The summed E-state index contributed by atoms with van der Waals surface area (Å²) in [6.07, 6.45) is 0. The lowest BCUT2D eigenvalue weighted by Gasteiger charge is -1.96. The van der Waals surface area contributed by atoms with Crippen LogP contribution in [0.1, 0.15) is 5.56 Å². The third kappa shape index (κ3) is 3.64. The Morgan fingerprint density at radius 3 is 2.50 bits per heavy atom. The second-order valence-electron chi connectivity index (χ2n) is 2.98. The van der Waals surface area contributed by atoms with Crippen molar-refractivity contribution in [3.8, 4) is 17.3 Å². The highest BCUT2D eigenvalue weighted by molar-refractivity contribution is 7.04. The van der Waals surface area contributed by atoms with E-state index in [1.165, 1.54) is 37.2 Å². The number of rotatable bonds is 2. The summed E-state index contributed by atoms with van der Waals surface area (Å²) in [5.74, 6) is -0.289. The van der Waals surface area contributed by atoms with Crippen LogP contribution < -0.4 is 0 Å². The first kappa shape index (κ1) is 13.8. The van der Waals surface area contributed by atoms with Gasteiger partial charge in [0.05, 0.1) is 12.7 Å². The van der Waals surface area contributed by atoms with Gasteiger partial charge < -0.3 is 4.74 Å². The molecule has 18 heavy (non-hydrogen) atoms.